The van der Waals surface area contributed by atoms with Crippen LogP contribution in [0, 0.1) is 0 Å². The third kappa shape index (κ3) is 4.30. The Labute approximate surface area is 118 Å². The van der Waals surface area contributed by atoms with Crippen LogP contribution in [-0.2, 0) is 4.74 Å². The molecule has 1 aromatic carbocycles. The Balaban J connectivity index is 2.87. The van der Waals surface area contributed by atoms with Gasteiger partial charge in [0.05, 0.1) is 6.61 Å². The molecule has 3 atom stereocenters. The summed E-state index contributed by atoms with van der Waals surface area (Å²) in [5, 5.41) is 3.46. The van der Waals surface area contributed by atoms with E-state index in [4.69, 9.17) is 4.74 Å². The zero-order valence-corrected chi connectivity index (χ0v) is 12.9. The van der Waals surface area contributed by atoms with Gasteiger partial charge < -0.3 is 10.1 Å². The third-order valence-electron chi connectivity index (χ3n) is 3.90. The number of likely N-dealkylation sites (N-methyl/N-ethyl adjacent to an activating group) is 2. The Morgan fingerprint density at radius 1 is 1.26 bits per heavy atom. The van der Waals surface area contributed by atoms with E-state index in [9.17, 15) is 0 Å². The first kappa shape index (κ1) is 16.2. The Hall–Kier alpha value is -0.900. The second-order valence-corrected chi connectivity index (χ2v) is 5.12. The standard InChI is InChI=1S/C16H28N2O/c1-6-15(18(4)13(2)12-19-5)16(17-3)14-10-8-7-9-11-14/h7-11,13,15-17H,6,12H2,1-5H3. The van der Waals surface area contributed by atoms with Gasteiger partial charge >= 0.3 is 0 Å². The SMILES string of the molecule is CCC(C(NC)c1ccccc1)N(C)C(C)COC. The second-order valence-electron chi connectivity index (χ2n) is 5.12. The quantitative estimate of drug-likeness (QED) is 0.781. The Kier molecular flexibility index (Phi) is 7.06. The van der Waals surface area contributed by atoms with Crippen LogP contribution < -0.4 is 5.32 Å². The van der Waals surface area contributed by atoms with Gasteiger partial charge in [0, 0.05) is 25.2 Å². The van der Waals surface area contributed by atoms with E-state index in [-0.39, 0.29) is 0 Å². The number of nitrogens with one attached hydrogen (secondary N) is 1. The zero-order chi connectivity index (χ0) is 14.3. The fourth-order valence-electron chi connectivity index (χ4n) is 2.69. The molecule has 0 heterocycles. The predicted octanol–water partition coefficient (Wildman–Crippen LogP) is 2.69. The van der Waals surface area contributed by atoms with Crippen LogP contribution in [0.5, 0.6) is 0 Å². The molecule has 0 saturated carbocycles. The zero-order valence-electron chi connectivity index (χ0n) is 12.9. The summed E-state index contributed by atoms with van der Waals surface area (Å²) in [5.74, 6) is 0. The maximum atomic E-state index is 5.28. The number of rotatable bonds is 8. The smallest absolute Gasteiger partial charge is 0.0615 e. The highest BCUT2D eigenvalue weighted by Gasteiger charge is 2.26. The lowest BCUT2D eigenvalue weighted by Gasteiger charge is -2.37. The van der Waals surface area contributed by atoms with Gasteiger partial charge in [0.15, 0.2) is 0 Å². The van der Waals surface area contributed by atoms with Gasteiger partial charge in [0.25, 0.3) is 0 Å². The minimum atomic E-state index is 0.343. The molecule has 1 N–H and O–H groups in total. The van der Waals surface area contributed by atoms with Crippen LogP contribution in [0.15, 0.2) is 30.3 Å². The summed E-state index contributed by atoms with van der Waals surface area (Å²) in [5.41, 5.74) is 1.34. The average molecular weight is 264 g/mol. The number of nitrogens with zero attached hydrogens (tertiary/aromatic N) is 1. The third-order valence-corrected chi connectivity index (χ3v) is 3.90. The van der Waals surface area contributed by atoms with Crippen molar-refractivity contribution < 1.29 is 4.74 Å². The van der Waals surface area contributed by atoms with E-state index in [0.29, 0.717) is 18.1 Å². The Morgan fingerprint density at radius 2 is 1.89 bits per heavy atom. The molecule has 0 fully saturated rings. The molecule has 3 unspecified atom stereocenters. The first-order valence-corrected chi connectivity index (χ1v) is 7.08. The van der Waals surface area contributed by atoms with Gasteiger partial charge in [-0.15, -0.1) is 0 Å². The van der Waals surface area contributed by atoms with E-state index in [0.717, 1.165) is 13.0 Å². The molecular formula is C16H28N2O. The van der Waals surface area contributed by atoms with E-state index < -0.39 is 0 Å². The summed E-state index contributed by atoms with van der Waals surface area (Å²) >= 11 is 0. The van der Waals surface area contributed by atoms with Gasteiger partial charge in [-0.1, -0.05) is 37.3 Å². The average Bonchev–Trinajstić information content (AvgIpc) is 2.45. The highest BCUT2D eigenvalue weighted by molar-refractivity contribution is 5.20. The van der Waals surface area contributed by atoms with E-state index in [1.165, 1.54) is 5.56 Å². The monoisotopic (exact) mass is 264 g/mol. The number of ether oxygens (including phenoxy) is 1. The van der Waals surface area contributed by atoms with E-state index in [1.807, 2.05) is 7.05 Å². The number of methoxy groups -OCH3 is 1. The number of hydrogen-bond donors (Lipinski definition) is 1. The van der Waals surface area contributed by atoms with Crippen molar-refractivity contribution in [2.75, 3.05) is 27.8 Å². The number of benzene rings is 1. The lowest BCUT2D eigenvalue weighted by Crippen LogP contribution is -2.47. The molecule has 1 aromatic rings. The maximum absolute atomic E-state index is 5.28. The van der Waals surface area contributed by atoms with E-state index in [2.05, 4.69) is 61.4 Å². The van der Waals surface area contributed by atoms with Gasteiger partial charge in [0.2, 0.25) is 0 Å². The molecule has 3 heteroatoms. The highest BCUT2D eigenvalue weighted by Crippen LogP contribution is 2.23. The molecule has 0 saturated heterocycles. The van der Waals surface area contributed by atoms with Crippen molar-refractivity contribution in [3.8, 4) is 0 Å². The van der Waals surface area contributed by atoms with Gasteiger partial charge in [-0.3, -0.25) is 4.90 Å². The van der Waals surface area contributed by atoms with Crippen LogP contribution in [0.25, 0.3) is 0 Å². The molecule has 0 spiro atoms. The minimum absolute atomic E-state index is 0.343. The first-order valence-electron chi connectivity index (χ1n) is 7.08. The topological polar surface area (TPSA) is 24.5 Å². The van der Waals surface area contributed by atoms with Gasteiger partial charge in [-0.2, -0.15) is 0 Å². The maximum Gasteiger partial charge on any atom is 0.0615 e. The van der Waals surface area contributed by atoms with Gasteiger partial charge in [-0.05, 0) is 33.0 Å². The van der Waals surface area contributed by atoms with Crippen LogP contribution in [0.3, 0.4) is 0 Å². The molecule has 3 nitrogen and oxygen atoms in total. The van der Waals surface area contributed by atoms with Crippen molar-refractivity contribution in [3.63, 3.8) is 0 Å². The van der Waals surface area contributed by atoms with Crippen LogP contribution >= 0.6 is 0 Å². The lowest BCUT2D eigenvalue weighted by atomic mass is 9.95. The summed E-state index contributed by atoms with van der Waals surface area (Å²) in [7, 11) is 5.98. The van der Waals surface area contributed by atoms with Crippen LogP contribution in [0.1, 0.15) is 31.9 Å². The molecule has 19 heavy (non-hydrogen) atoms. The van der Waals surface area contributed by atoms with Crippen LogP contribution in [-0.4, -0.2) is 44.8 Å². The number of hydrogen-bond acceptors (Lipinski definition) is 3. The van der Waals surface area contributed by atoms with E-state index in [1.54, 1.807) is 7.11 Å². The summed E-state index contributed by atoms with van der Waals surface area (Å²) in [6.07, 6.45) is 1.10. The largest absolute Gasteiger partial charge is 0.383 e. The molecule has 108 valence electrons. The molecule has 0 aromatic heterocycles. The summed E-state index contributed by atoms with van der Waals surface area (Å²) in [6, 6.07) is 11.9. The van der Waals surface area contributed by atoms with Crippen molar-refractivity contribution in [1.82, 2.24) is 10.2 Å². The molecule has 0 radical (unpaired) electrons. The van der Waals surface area contributed by atoms with Crippen molar-refractivity contribution in [1.29, 1.82) is 0 Å². The van der Waals surface area contributed by atoms with Crippen molar-refractivity contribution in [3.05, 3.63) is 35.9 Å². The molecule has 0 aliphatic rings. The first-order chi connectivity index (χ1) is 9.15. The molecule has 0 aliphatic carbocycles. The Morgan fingerprint density at radius 3 is 2.37 bits per heavy atom. The van der Waals surface area contributed by atoms with Crippen molar-refractivity contribution in [2.24, 2.45) is 0 Å². The van der Waals surface area contributed by atoms with E-state index >= 15 is 0 Å². The molecule has 0 aliphatic heterocycles. The van der Waals surface area contributed by atoms with Crippen LogP contribution in [0.4, 0.5) is 0 Å². The summed E-state index contributed by atoms with van der Waals surface area (Å²) in [4.78, 5) is 2.41. The second kappa shape index (κ2) is 8.31. The molecular weight excluding hydrogens is 236 g/mol. The van der Waals surface area contributed by atoms with Crippen molar-refractivity contribution in [2.45, 2.75) is 38.4 Å². The fraction of sp³-hybridized carbons (Fsp3) is 0.625. The highest BCUT2D eigenvalue weighted by atomic mass is 16.5. The van der Waals surface area contributed by atoms with Crippen LogP contribution in [0.2, 0.25) is 0 Å². The predicted molar refractivity (Wildman–Crippen MR) is 81.4 cm³/mol. The molecule has 0 amide bonds. The fourth-order valence-corrected chi connectivity index (χ4v) is 2.69. The summed E-state index contributed by atoms with van der Waals surface area (Å²) < 4.78 is 5.28. The molecule has 1 rings (SSSR count). The normalized spacial score (nSPS) is 16.3. The van der Waals surface area contributed by atoms with Crippen molar-refractivity contribution >= 4 is 0 Å². The Bertz CT molecular complexity index is 342. The summed E-state index contributed by atoms with van der Waals surface area (Å²) in [6.45, 7) is 5.22. The van der Waals surface area contributed by atoms with Gasteiger partial charge in [0.1, 0.15) is 0 Å². The molecule has 0 bridgehead atoms. The van der Waals surface area contributed by atoms with Gasteiger partial charge in [-0.25, -0.2) is 0 Å². The minimum Gasteiger partial charge on any atom is -0.383 e. The lowest BCUT2D eigenvalue weighted by molar-refractivity contribution is 0.0742.